The number of fused-ring (bicyclic) bond motifs is 6. The molecule has 0 unspecified atom stereocenters. The minimum absolute atomic E-state index is 0.00328. The Bertz CT molecular complexity index is 6520. The molecule has 6 aliphatic heterocycles. The van der Waals surface area contributed by atoms with E-state index in [2.05, 4.69) is 76.6 Å². The summed E-state index contributed by atoms with van der Waals surface area (Å²) in [4.78, 5) is 87.3. The molecule has 1 aliphatic carbocycles. The summed E-state index contributed by atoms with van der Waals surface area (Å²) in [5.41, 5.74) is 13.1. The minimum atomic E-state index is -4.53. The van der Waals surface area contributed by atoms with Gasteiger partial charge < -0.3 is 45.0 Å². The highest BCUT2D eigenvalue weighted by Gasteiger charge is 2.46. The molecule has 29 heteroatoms. The largest absolute Gasteiger partial charge is 0.456 e. The highest BCUT2D eigenvalue weighted by Crippen LogP contribution is 2.50. The number of anilines is 3. The molecular formula is C100H107N9O17S3+2. The molecule has 0 spiro atoms. The van der Waals surface area contributed by atoms with Gasteiger partial charge in [0.2, 0.25) is 44.5 Å². The second kappa shape index (κ2) is 39.2. The molecule has 129 heavy (non-hydrogen) atoms. The van der Waals surface area contributed by atoms with Crippen LogP contribution < -0.4 is 41.0 Å². The van der Waals surface area contributed by atoms with Crippen LogP contribution in [-0.4, -0.2) is 156 Å². The predicted octanol–water partition coefficient (Wildman–Crippen LogP) is 14.4. The van der Waals surface area contributed by atoms with Crippen molar-refractivity contribution in [2.24, 2.45) is 5.92 Å². The van der Waals surface area contributed by atoms with Crippen molar-refractivity contribution in [3.05, 3.63) is 281 Å². The highest BCUT2D eigenvalue weighted by atomic mass is 32.2. The van der Waals surface area contributed by atoms with Gasteiger partial charge in [0.25, 0.3) is 20.2 Å². The number of hydrogen-bond acceptors (Lipinski definition) is 17. The molecule has 0 radical (unpaired) electrons. The Labute approximate surface area is 752 Å². The molecule has 8 aromatic rings. The second-order valence-corrected chi connectivity index (χ2v) is 39.0. The number of Topliss-reactive ketones (excluding diaryl/α,β-unsaturated/α-hetero) is 1. The van der Waals surface area contributed by atoms with Gasteiger partial charge in [-0.2, -0.15) is 30.3 Å². The van der Waals surface area contributed by atoms with Crippen LogP contribution >= 0.6 is 0 Å². The van der Waals surface area contributed by atoms with E-state index in [-0.39, 0.29) is 78.9 Å². The average Bonchev–Trinajstić information content (AvgIpc) is 1.73. The van der Waals surface area contributed by atoms with Crippen LogP contribution in [0.3, 0.4) is 0 Å². The third-order valence-corrected chi connectivity index (χ3v) is 28.8. The number of alkyl carbamates (subject to hydrolysis) is 1. The number of amides is 4. The molecule has 7 aliphatic rings. The van der Waals surface area contributed by atoms with E-state index in [9.17, 15) is 54.7 Å². The van der Waals surface area contributed by atoms with Crippen LogP contribution in [0.5, 0.6) is 0 Å². The standard InChI is InChI=1S/C100H105N9O17S3/c1-6-106-85-47-43-74(128(118,119)120)62-79(85)99(2,3)91(106)38-15-9-16-39-92-100(4,5)80-63-75(129(121,122)123)44-48-86(80)109(92)54-26-10-17-40-93(111)101-53-25-24-34-81(103-97(114)82(59-67-27-11-7-12-28-67)104-98(115)125-65-68-29-13-8-14-30-68)87(110)66-124-94(112)64-102-96(113)71-49-55-105(56-50-71)127(116,117)90-37-23-20-33-78(90)95-76-45-41-72(107-57-51-69-31-18-21-35-83(69)107)60-88(76)126-89-61-73(42-46-77(89)95)108-58-52-70-32-19-22-36-84(70)108/h7-9,11-16,18-23,27-33,35-39,41-48,60-63,71,81-82H,6,10,17,24-26,34,40,49-59,64-66H2,1-5H3,(H4-2,101,102,103,104,111,113,114,115,118,119,120,121,122,123)/p+2/t81-,82-/m0/s1. The quantitative estimate of drug-likeness (QED) is 0.00545. The molecule has 15 rings (SSSR count). The lowest BCUT2D eigenvalue weighted by Crippen LogP contribution is -2.53. The number of nitrogens with one attached hydrogen (secondary N) is 4. The van der Waals surface area contributed by atoms with Crippen LogP contribution in [0.1, 0.15) is 126 Å². The lowest BCUT2D eigenvalue weighted by Gasteiger charge is -2.31. The molecule has 0 saturated carbocycles. The fourth-order valence-electron chi connectivity index (χ4n) is 18.4. The average molecular weight is 1800 g/mol. The van der Waals surface area contributed by atoms with Crippen LogP contribution in [0.4, 0.5) is 33.2 Å². The number of ether oxygens (including phenoxy) is 2. The molecular weight excluding hydrogens is 1700 g/mol. The summed E-state index contributed by atoms with van der Waals surface area (Å²) in [5.74, 6) is -3.18. The summed E-state index contributed by atoms with van der Waals surface area (Å²) >= 11 is 0. The van der Waals surface area contributed by atoms with Crippen molar-refractivity contribution in [3.8, 4) is 22.5 Å². The molecule has 1 fully saturated rings. The van der Waals surface area contributed by atoms with Crippen molar-refractivity contribution in [1.29, 1.82) is 0 Å². The summed E-state index contributed by atoms with van der Waals surface area (Å²) in [7, 11) is -13.2. The van der Waals surface area contributed by atoms with E-state index >= 15 is 8.42 Å². The number of carbonyl (C=O) groups excluding carboxylic acids is 6. The van der Waals surface area contributed by atoms with Gasteiger partial charge in [-0.15, -0.1) is 0 Å². The maximum absolute atomic E-state index is 15.2. The lowest BCUT2D eigenvalue weighted by molar-refractivity contribution is -0.433. The van der Waals surface area contributed by atoms with E-state index in [1.807, 2.05) is 132 Å². The van der Waals surface area contributed by atoms with Gasteiger partial charge in [-0.3, -0.25) is 33.1 Å². The van der Waals surface area contributed by atoms with Crippen LogP contribution in [0.2, 0.25) is 0 Å². The fraction of sp³-hybridized carbons (Fsp3) is 0.320. The number of piperidine rings is 1. The first-order valence-electron chi connectivity index (χ1n) is 43.8. The Morgan fingerprint density at radius 1 is 0.612 bits per heavy atom. The van der Waals surface area contributed by atoms with Crippen molar-refractivity contribution in [3.63, 3.8) is 0 Å². The van der Waals surface area contributed by atoms with E-state index in [1.165, 1.54) is 39.7 Å². The summed E-state index contributed by atoms with van der Waals surface area (Å²) in [5, 5.41) is 12.7. The number of ketones is 1. The van der Waals surface area contributed by atoms with E-state index in [1.54, 1.807) is 78.9 Å². The molecule has 6 heterocycles. The number of carbonyl (C=O) groups is 6. The van der Waals surface area contributed by atoms with Gasteiger partial charge in [-0.05, 0) is 161 Å². The van der Waals surface area contributed by atoms with Crippen molar-refractivity contribution in [2.75, 3.05) is 68.8 Å². The lowest BCUT2D eigenvalue weighted by atomic mass is 9.81. The Morgan fingerprint density at radius 2 is 1.31 bits per heavy atom. The van der Waals surface area contributed by atoms with Crippen molar-refractivity contribution >= 4 is 111 Å². The zero-order valence-corrected chi connectivity index (χ0v) is 75.2. The van der Waals surface area contributed by atoms with Gasteiger partial charge in [0.05, 0.1) is 32.2 Å². The van der Waals surface area contributed by atoms with Gasteiger partial charge in [0.1, 0.15) is 37.1 Å². The van der Waals surface area contributed by atoms with E-state index in [0.29, 0.717) is 84.4 Å². The maximum atomic E-state index is 15.2. The molecule has 26 nitrogen and oxygen atoms in total. The minimum Gasteiger partial charge on any atom is -0.456 e. The molecule has 0 bridgehead atoms. The third-order valence-electron chi connectivity index (χ3n) is 25.2. The molecule has 0 aromatic heterocycles. The molecule has 4 amide bonds. The van der Waals surface area contributed by atoms with Crippen LogP contribution in [0.25, 0.3) is 33.4 Å². The molecule has 1 saturated heterocycles. The van der Waals surface area contributed by atoms with E-state index < -0.39 is 102 Å². The number of para-hydroxylation sites is 2. The number of unbranched alkanes of at least 4 members (excludes halogenated alkanes) is 3. The van der Waals surface area contributed by atoms with Crippen molar-refractivity contribution in [1.82, 2.24) is 30.1 Å². The molecule has 8 aromatic carbocycles. The molecule has 6 N–H and O–H groups in total. The fourth-order valence-corrected chi connectivity index (χ4v) is 21.0. The number of nitrogens with zero attached hydrogens (tertiary/aromatic N) is 5. The Morgan fingerprint density at radius 3 is 2.06 bits per heavy atom. The number of esters is 1. The first-order valence-corrected chi connectivity index (χ1v) is 48.2. The summed E-state index contributed by atoms with van der Waals surface area (Å²) in [6, 6.07) is 60.4. The van der Waals surface area contributed by atoms with Gasteiger partial charge in [0, 0.05) is 150 Å². The summed E-state index contributed by atoms with van der Waals surface area (Å²) in [6.45, 7) is 11.3. The topological polar surface area (TPSA) is 341 Å². The zero-order chi connectivity index (χ0) is 90.9. The summed E-state index contributed by atoms with van der Waals surface area (Å²) in [6.07, 6.45) is 13.4. The van der Waals surface area contributed by atoms with Crippen molar-refractivity contribution in [2.45, 2.75) is 156 Å². The van der Waals surface area contributed by atoms with Gasteiger partial charge in [0.15, 0.2) is 24.6 Å². The van der Waals surface area contributed by atoms with Crippen LogP contribution in [0.15, 0.2) is 261 Å². The second-order valence-electron chi connectivity index (χ2n) is 34.2. The zero-order valence-electron chi connectivity index (χ0n) is 72.8. The Kier molecular flexibility index (Phi) is 27.7. The predicted molar refractivity (Wildman–Crippen MR) is 495 cm³/mol. The maximum Gasteiger partial charge on any atom is 0.408 e. The number of benzene rings is 9. The van der Waals surface area contributed by atoms with Crippen LogP contribution in [0, 0.1) is 5.92 Å². The number of sulfonamides is 1. The SMILES string of the molecule is CC[N+]1=C(/C=C/C=C/C=C2\N(CCCCCC(=O)NCCCC[C@H](NC(=O)[C@H](Cc3ccccc3)NC(=O)OCc3ccccc3)C(=O)COC(=O)CNC(=O)C3CCN(S(=O)(=O)c4ccccc4-c4c5ccc(=[N+]6CCc7ccccc76)cc-5oc5cc(N6CCc7ccccc76)ccc45)CC3)c3ccc(S(=O)(=O)O)cc3C2(C)C)C(C)(C)c2cc(S(=O)(=O)O)ccc21. The van der Waals surface area contributed by atoms with Gasteiger partial charge in [-0.1, -0.05) is 154 Å². The molecule has 2 atom stereocenters. The monoisotopic (exact) mass is 1800 g/mol. The number of hydrogen-bond donors (Lipinski definition) is 6. The Hall–Kier alpha value is -12.5. The van der Waals surface area contributed by atoms with E-state index in [4.69, 9.17) is 13.9 Å². The van der Waals surface area contributed by atoms with E-state index in [0.717, 1.165) is 87.6 Å². The normalized spacial score (nSPS) is 16.7. The smallest absolute Gasteiger partial charge is 0.408 e. The Balaban J connectivity index is 0.565. The highest BCUT2D eigenvalue weighted by molar-refractivity contribution is 7.89. The number of rotatable bonds is 34. The summed E-state index contributed by atoms with van der Waals surface area (Å²) < 4.78 is 123. The first kappa shape index (κ1) is 91.2. The third kappa shape index (κ3) is 20.5. The van der Waals surface area contributed by atoms with Gasteiger partial charge >= 0.3 is 12.1 Å². The van der Waals surface area contributed by atoms with Crippen LogP contribution in [-0.2, 0) is 100 Å². The van der Waals surface area contributed by atoms with Gasteiger partial charge in [-0.25, -0.2) is 13.2 Å². The number of allylic oxidation sites excluding steroid dienone is 6. The molecule has 670 valence electrons. The van der Waals surface area contributed by atoms with Crippen molar-refractivity contribution < 1.29 is 81.6 Å². The first-order chi connectivity index (χ1) is 61.9.